The zero-order valence-corrected chi connectivity index (χ0v) is 6.59. The monoisotopic (exact) mass is 229 g/mol. The fraction of sp³-hybridized carbons (Fsp3) is 0.500. The van der Waals surface area contributed by atoms with E-state index in [2.05, 4.69) is 16.0 Å². The van der Waals surface area contributed by atoms with E-state index in [0.29, 0.717) is 6.42 Å². The van der Waals surface area contributed by atoms with Crippen LogP contribution in [0.4, 0.5) is 0 Å². The summed E-state index contributed by atoms with van der Waals surface area (Å²) in [4.78, 5) is 0. The SMILES string of the molecule is OCCC=[C](O)[Cu+].[Br-]. The van der Waals surface area contributed by atoms with Crippen LogP contribution in [0.2, 0.25) is 0 Å². The molecule has 4 heteroatoms. The fourth-order valence-electron chi connectivity index (χ4n) is 0.173. The van der Waals surface area contributed by atoms with Gasteiger partial charge in [-0.3, -0.25) is 0 Å². The summed E-state index contributed by atoms with van der Waals surface area (Å²) in [6, 6.07) is 0. The molecule has 0 bridgehead atoms. The Labute approximate surface area is 67.2 Å². The Kier molecular flexibility index (Phi) is 10.6. The molecule has 0 atom stereocenters. The maximum atomic E-state index is 8.24. The van der Waals surface area contributed by atoms with E-state index in [1.165, 1.54) is 6.08 Å². The van der Waals surface area contributed by atoms with Gasteiger partial charge in [-0.05, 0) is 0 Å². The normalized spacial score (nSPS) is 10.6. The largest absolute Gasteiger partial charge is 1.00 e. The first-order valence-electron chi connectivity index (χ1n) is 1.89. The molecule has 0 unspecified atom stereocenters. The van der Waals surface area contributed by atoms with Crippen LogP contribution in [0.3, 0.4) is 0 Å². The molecule has 0 aromatic heterocycles. The first-order chi connectivity index (χ1) is 3.27. The topological polar surface area (TPSA) is 40.5 Å². The molecule has 0 saturated carbocycles. The second-order valence-electron chi connectivity index (χ2n) is 1.000. The van der Waals surface area contributed by atoms with Crippen LogP contribution < -0.4 is 17.0 Å². The van der Waals surface area contributed by atoms with Crippen molar-refractivity contribution in [3.8, 4) is 0 Å². The zero-order valence-electron chi connectivity index (χ0n) is 4.07. The van der Waals surface area contributed by atoms with Crippen molar-refractivity contribution < 1.29 is 43.2 Å². The Morgan fingerprint density at radius 2 is 2.12 bits per heavy atom. The molecule has 2 N–H and O–H groups in total. The van der Waals surface area contributed by atoms with Gasteiger partial charge in [0.1, 0.15) is 0 Å². The Balaban J connectivity index is 0. The molecule has 0 radical (unpaired) electrons. The summed E-state index contributed by atoms with van der Waals surface area (Å²) < 4.78 is -0.165. The van der Waals surface area contributed by atoms with E-state index in [1.807, 2.05) is 0 Å². The van der Waals surface area contributed by atoms with E-state index in [1.54, 1.807) is 0 Å². The van der Waals surface area contributed by atoms with Crippen LogP contribution in [0, 0.1) is 0 Å². The molecular formula is C4H7BrCuO2. The average Bonchev–Trinajstić information content (AvgIpc) is 1.61. The van der Waals surface area contributed by atoms with Gasteiger partial charge in [-0.2, -0.15) is 0 Å². The van der Waals surface area contributed by atoms with E-state index in [-0.39, 0.29) is 28.2 Å². The van der Waals surface area contributed by atoms with Gasteiger partial charge in [0.05, 0.1) is 0 Å². The van der Waals surface area contributed by atoms with Gasteiger partial charge >= 0.3 is 50.0 Å². The van der Waals surface area contributed by atoms with Crippen molar-refractivity contribution in [2.45, 2.75) is 6.42 Å². The van der Waals surface area contributed by atoms with Crippen molar-refractivity contribution in [2.24, 2.45) is 0 Å². The molecule has 0 spiro atoms. The quantitative estimate of drug-likeness (QED) is 0.401. The molecule has 2 nitrogen and oxygen atoms in total. The van der Waals surface area contributed by atoms with Gasteiger partial charge < -0.3 is 17.0 Å². The minimum atomic E-state index is -0.165. The molecule has 0 aliphatic carbocycles. The molecule has 0 aliphatic heterocycles. The van der Waals surface area contributed by atoms with Crippen molar-refractivity contribution in [3.05, 3.63) is 10.7 Å². The molecule has 0 amide bonds. The van der Waals surface area contributed by atoms with Gasteiger partial charge in [0.15, 0.2) is 0 Å². The molecule has 0 rings (SSSR count). The summed E-state index contributed by atoms with van der Waals surface area (Å²) in [5.74, 6) is 0. The number of hydrogen-bond donors (Lipinski definition) is 2. The standard InChI is InChI=1S/C4H7O2.BrH.Cu/c5-3-1-2-4-6;;/h1,5-6H,2,4H2;1H;/q;;+1/p-1. The Morgan fingerprint density at radius 3 is 2.25 bits per heavy atom. The third kappa shape index (κ3) is 9.71. The van der Waals surface area contributed by atoms with E-state index >= 15 is 0 Å². The summed E-state index contributed by atoms with van der Waals surface area (Å²) >= 11 is 4.38. The van der Waals surface area contributed by atoms with Gasteiger partial charge in [-0.1, -0.05) is 0 Å². The summed E-state index contributed by atoms with van der Waals surface area (Å²) in [6.45, 7) is 0.0390. The molecule has 0 fully saturated rings. The van der Waals surface area contributed by atoms with Crippen LogP contribution >= 0.6 is 0 Å². The van der Waals surface area contributed by atoms with Crippen LogP contribution in [0.25, 0.3) is 0 Å². The first kappa shape index (κ1) is 11.3. The fourth-order valence-corrected chi connectivity index (χ4v) is 0.309. The van der Waals surface area contributed by atoms with E-state index in [4.69, 9.17) is 10.2 Å². The number of aliphatic hydroxyl groups is 2. The number of halogens is 1. The molecular weight excluding hydrogens is 223 g/mol. The van der Waals surface area contributed by atoms with Gasteiger partial charge in [0.25, 0.3) is 0 Å². The molecule has 0 aromatic carbocycles. The molecule has 0 heterocycles. The Bertz CT molecular complexity index is 70.4. The van der Waals surface area contributed by atoms with Crippen LogP contribution in [0.1, 0.15) is 6.42 Å². The van der Waals surface area contributed by atoms with Crippen LogP contribution in [-0.4, -0.2) is 16.8 Å². The van der Waals surface area contributed by atoms with Crippen LogP contribution in [0.15, 0.2) is 10.7 Å². The second-order valence-corrected chi connectivity index (χ2v) is 1.48. The summed E-state index contributed by atoms with van der Waals surface area (Å²) in [7, 11) is 0. The minimum absolute atomic E-state index is 0. The molecule has 0 aliphatic rings. The van der Waals surface area contributed by atoms with Gasteiger partial charge in [0.2, 0.25) is 0 Å². The smallest absolute Gasteiger partial charge is 1.00 e. The van der Waals surface area contributed by atoms with Crippen LogP contribution in [-0.2, 0) is 16.0 Å². The van der Waals surface area contributed by atoms with Crippen molar-refractivity contribution >= 4 is 0 Å². The zero-order chi connectivity index (χ0) is 5.70. The molecule has 8 heavy (non-hydrogen) atoms. The maximum Gasteiger partial charge on any atom is -1.00 e. The minimum Gasteiger partial charge on any atom is -1.00 e. The number of aliphatic hydroxyl groups excluding tert-OH is 2. The van der Waals surface area contributed by atoms with E-state index in [9.17, 15) is 0 Å². The Hall–Kier alpha value is 0.499. The predicted molar refractivity (Wildman–Crippen MR) is 22.4 cm³/mol. The van der Waals surface area contributed by atoms with Gasteiger partial charge in [-0.25, -0.2) is 0 Å². The van der Waals surface area contributed by atoms with Crippen molar-refractivity contribution in [2.75, 3.05) is 6.61 Å². The third-order valence-electron chi connectivity index (χ3n) is 0.426. The van der Waals surface area contributed by atoms with Gasteiger partial charge in [0, 0.05) is 0 Å². The molecule has 0 aromatic rings. The number of rotatable bonds is 2. The summed E-state index contributed by atoms with van der Waals surface area (Å²) in [6.07, 6.45) is 1.81. The second kappa shape index (κ2) is 7.50. The predicted octanol–water partition coefficient (Wildman–Crippen LogP) is -2.68. The van der Waals surface area contributed by atoms with Crippen molar-refractivity contribution in [1.29, 1.82) is 0 Å². The van der Waals surface area contributed by atoms with E-state index in [0.717, 1.165) is 0 Å². The number of hydrogen-bond acceptors (Lipinski definition) is 2. The van der Waals surface area contributed by atoms with Crippen molar-refractivity contribution in [3.63, 3.8) is 0 Å². The first-order valence-corrected chi connectivity index (χ1v) is 2.36. The van der Waals surface area contributed by atoms with Gasteiger partial charge in [-0.15, -0.1) is 0 Å². The van der Waals surface area contributed by atoms with E-state index < -0.39 is 0 Å². The summed E-state index contributed by atoms with van der Waals surface area (Å²) in [5.41, 5.74) is 0. The maximum absolute atomic E-state index is 8.24. The summed E-state index contributed by atoms with van der Waals surface area (Å²) in [5, 5.41) is 16.3. The molecule has 0 saturated heterocycles. The van der Waals surface area contributed by atoms with Crippen LogP contribution in [0.5, 0.6) is 0 Å². The van der Waals surface area contributed by atoms with Crippen molar-refractivity contribution in [1.82, 2.24) is 0 Å². The average molecular weight is 231 g/mol. The third-order valence-corrected chi connectivity index (χ3v) is 0.618. The Morgan fingerprint density at radius 1 is 1.62 bits per heavy atom. The molecule has 53 valence electrons.